The fourth-order valence-electron chi connectivity index (χ4n) is 1.55. The second kappa shape index (κ2) is 4.97. The van der Waals surface area contributed by atoms with Crippen molar-refractivity contribution in [3.8, 4) is 0 Å². The monoisotopic (exact) mass is 311 g/mol. The molecule has 0 nitrogen and oxygen atoms in total. The molecule has 0 aromatic heterocycles. The molecule has 0 radical (unpaired) electrons. The quantitative estimate of drug-likeness (QED) is 0.552. The summed E-state index contributed by atoms with van der Waals surface area (Å²) in [5, 5.41) is 0. The number of halogens is 1. The van der Waals surface area contributed by atoms with Gasteiger partial charge in [-0.05, 0) is 0 Å². The first-order valence-corrected chi connectivity index (χ1v) is 7.61. The Kier molecular flexibility index (Phi) is 3.62. The number of hydrogen-bond donors (Lipinski definition) is 0. The molecule has 1 heteroatoms. The van der Waals surface area contributed by atoms with Crippen LogP contribution >= 0.6 is 0 Å². The van der Waals surface area contributed by atoms with Crippen LogP contribution in [0.5, 0.6) is 0 Å². The van der Waals surface area contributed by atoms with Gasteiger partial charge in [0.15, 0.2) is 0 Å². The minimum atomic E-state index is 0.142. The van der Waals surface area contributed by atoms with Gasteiger partial charge in [-0.2, -0.15) is 0 Å². The maximum atomic E-state index is 2.39. The normalized spacial score (nSPS) is 20.4. The van der Waals surface area contributed by atoms with Gasteiger partial charge in [0.25, 0.3) is 0 Å². The van der Waals surface area contributed by atoms with Crippen LogP contribution in [0.15, 0.2) is 48.1 Å². The van der Waals surface area contributed by atoms with Crippen molar-refractivity contribution in [2.24, 2.45) is 0 Å². The molecule has 0 saturated heterocycles. The maximum absolute atomic E-state index is 2.39. The van der Waals surface area contributed by atoms with Gasteiger partial charge in [0.1, 0.15) is 0 Å². The number of allylic oxidation sites excluding steroid dienone is 4. The Morgan fingerprint density at radius 1 is 1.13 bits per heavy atom. The molecular weight excluding hydrogens is 295 g/mol. The van der Waals surface area contributed by atoms with Crippen LogP contribution < -0.4 is 21.2 Å². The molecule has 1 aromatic carbocycles. The first kappa shape index (κ1) is 10.9. The summed E-state index contributed by atoms with van der Waals surface area (Å²) in [6.07, 6.45) is 8.26. The average molecular weight is 311 g/mol. The molecule has 1 atom stereocenters. The van der Waals surface area contributed by atoms with Gasteiger partial charge in [-0.25, -0.2) is 0 Å². The van der Waals surface area contributed by atoms with E-state index in [1.54, 1.807) is 3.57 Å². The van der Waals surface area contributed by atoms with Gasteiger partial charge in [-0.15, -0.1) is 0 Å². The second-order valence-electron chi connectivity index (χ2n) is 3.96. The third-order valence-corrected chi connectivity index (χ3v) is 5.67. The van der Waals surface area contributed by atoms with Crippen molar-refractivity contribution in [2.45, 2.75) is 24.2 Å². The van der Waals surface area contributed by atoms with Crippen molar-refractivity contribution in [2.75, 3.05) is 0 Å². The van der Waals surface area contributed by atoms with E-state index in [1.807, 2.05) is 0 Å². The van der Waals surface area contributed by atoms with E-state index in [4.69, 9.17) is 0 Å². The predicted octanol–water partition coefficient (Wildman–Crippen LogP) is 0.528. The molecule has 2 rings (SSSR count). The van der Waals surface area contributed by atoms with Gasteiger partial charge in [0, 0.05) is 0 Å². The van der Waals surface area contributed by atoms with Gasteiger partial charge in [-0.1, -0.05) is 0 Å². The number of rotatable bonds is 2. The molecule has 0 bridgehead atoms. The molecule has 0 N–H and O–H groups in total. The van der Waals surface area contributed by atoms with Crippen LogP contribution in [0.3, 0.4) is 0 Å². The molecule has 1 aliphatic rings. The van der Waals surface area contributed by atoms with Gasteiger partial charge in [0.2, 0.25) is 0 Å². The molecule has 0 amide bonds. The molecule has 0 aliphatic heterocycles. The van der Waals surface area contributed by atoms with E-state index < -0.39 is 0 Å². The van der Waals surface area contributed by atoms with Crippen LogP contribution in [-0.2, 0) is 0 Å². The zero-order chi connectivity index (χ0) is 10.7. The predicted molar refractivity (Wildman–Crippen MR) is 61.2 cm³/mol. The van der Waals surface area contributed by atoms with Crippen molar-refractivity contribution in [3.05, 3.63) is 57.2 Å². The van der Waals surface area contributed by atoms with Crippen LogP contribution in [0, 0.1) is 10.5 Å². The van der Waals surface area contributed by atoms with Crippen molar-refractivity contribution in [1.29, 1.82) is 0 Å². The van der Waals surface area contributed by atoms with Crippen molar-refractivity contribution < 1.29 is 21.2 Å². The third-order valence-electron chi connectivity index (χ3n) is 2.51. The van der Waals surface area contributed by atoms with E-state index in [1.165, 1.54) is 17.6 Å². The first-order chi connectivity index (χ1) is 7.24. The Bertz CT molecular complexity index is 384. The fourth-order valence-corrected chi connectivity index (χ4v) is 4.17. The number of alkyl halides is 1. The molecule has 80 valence electrons. The number of benzene rings is 1. The van der Waals surface area contributed by atoms with Crippen LogP contribution in [0.25, 0.3) is 0 Å². The number of aryl methyl sites for hydroxylation is 1. The Morgan fingerprint density at radius 2 is 1.87 bits per heavy atom. The second-order valence-corrected chi connectivity index (χ2v) is 7.43. The molecule has 1 aliphatic carbocycles. The van der Waals surface area contributed by atoms with Crippen molar-refractivity contribution in [3.63, 3.8) is 0 Å². The average Bonchev–Trinajstić information content (AvgIpc) is 2.25. The van der Waals surface area contributed by atoms with E-state index in [9.17, 15) is 0 Å². The van der Waals surface area contributed by atoms with E-state index in [0.29, 0.717) is 0 Å². The van der Waals surface area contributed by atoms with Gasteiger partial charge in [-0.3, -0.25) is 0 Å². The van der Waals surface area contributed by atoms with E-state index in [-0.39, 0.29) is 21.2 Å². The summed E-state index contributed by atoms with van der Waals surface area (Å²) in [4.78, 5) is 0. The minimum absolute atomic E-state index is 0.142. The Hall–Kier alpha value is -0.570. The van der Waals surface area contributed by atoms with Crippen LogP contribution in [0.1, 0.15) is 18.9 Å². The standard InChI is InChI=1S/C14H16I/c1-11-3-7-13(8-4-11)15-14-9-5-12(2)6-10-14/h3-9,14H,10H2,1-2H3/q-1. The Morgan fingerprint density at radius 3 is 2.47 bits per heavy atom. The molecule has 0 fully saturated rings. The zero-order valence-electron chi connectivity index (χ0n) is 9.20. The molecule has 0 saturated carbocycles. The van der Waals surface area contributed by atoms with E-state index >= 15 is 0 Å². The molecule has 0 heterocycles. The van der Waals surface area contributed by atoms with Crippen molar-refractivity contribution >= 4 is 0 Å². The topological polar surface area (TPSA) is 0 Å². The SMILES string of the molecule is CC1=CCC([I-]c2ccc(C)cc2)C=C1. The molecular formula is C14H16I-. The Labute approximate surface area is 102 Å². The fraction of sp³-hybridized carbons (Fsp3) is 0.286. The molecule has 15 heavy (non-hydrogen) atoms. The summed E-state index contributed by atoms with van der Waals surface area (Å²) >= 11 is 0.142. The van der Waals surface area contributed by atoms with E-state index in [0.717, 1.165) is 3.92 Å². The Balaban J connectivity index is 1.99. The molecule has 0 spiro atoms. The summed E-state index contributed by atoms with van der Waals surface area (Å²) in [6, 6.07) is 9.04. The third kappa shape index (κ3) is 3.20. The summed E-state index contributed by atoms with van der Waals surface area (Å²) in [5.41, 5.74) is 2.77. The van der Waals surface area contributed by atoms with Crippen molar-refractivity contribution in [1.82, 2.24) is 0 Å². The summed E-state index contributed by atoms with van der Waals surface area (Å²) < 4.78 is 2.36. The molecule has 1 aromatic rings. The van der Waals surface area contributed by atoms with Crippen LogP contribution in [-0.4, -0.2) is 3.92 Å². The zero-order valence-corrected chi connectivity index (χ0v) is 11.4. The van der Waals surface area contributed by atoms with Gasteiger partial charge < -0.3 is 0 Å². The van der Waals surface area contributed by atoms with Crippen LogP contribution in [0.4, 0.5) is 0 Å². The van der Waals surface area contributed by atoms with Gasteiger partial charge in [0.05, 0.1) is 0 Å². The van der Waals surface area contributed by atoms with Crippen LogP contribution in [0.2, 0.25) is 0 Å². The summed E-state index contributed by atoms with van der Waals surface area (Å²) in [5.74, 6) is 0. The van der Waals surface area contributed by atoms with E-state index in [2.05, 4.69) is 56.3 Å². The van der Waals surface area contributed by atoms with Gasteiger partial charge >= 0.3 is 103 Å². The number of hydrogen-bond acceptors (Lipinski definition) is 0. The molecule has 1 unspecified atom stereocenters. The summed E-state index contributed by atoms with van der Waals surface area (Å²) in [6.45, 7) is 4.33. The summed E-state index contributed by atoms with van der Waals surface area (Å²) in [7, 11) is 0. The first-order valence-electron chi connectivity index (χ1n) is 5.29.